The fourth-order valence-electron chi connectivity index (χ4n) is 1.89. The van der Waals surface area contributed by atoms with E-state index in [1.165, 1.54) is 6.07 Å². The molecule has 0 atom stereocenters. The van der Waals surface area contributed by atoms with Gasteiger partial charge in [-0.25, -0.2) is 0 Å². The summed E-state index contributed by atoms with van der Waals surface area (Å²) >= 11 is 0. The van der Waals surface area contributed by atoms with Crippen molar-refractivity contribution in [3.63, 3.8) is 0 Å². The van der Waals surface area contributed by atoms with Crippen molar-refractivity contribution in [1.29, 1.82) is 0 Å². The van der Waals surface area contributed by atoms with Crippen LogP contribution in [0.4, 0.5) is 5.69 Å². The van der Waals surface area contributed by atoms with Crippen LogP contribution in [0, 0.1) is 10.1 Å². The number of nitro benzene ring substituents is 1. The fraction of sp³-hybridized carbons (Fsp3) is 0.250. The van der Waals surface area contributed by atoms with Crippen LogP contribution in [0.2, 0.25) is 0 Å². The lowest BCUT2D eigenvalue weighted by atomic mass is 9.96. The molecular formula is C12H11NO4. The Morgan fingerprint density at radius 3 is 2.82 bits per heavy atom. The Hall–Kier alpha value is -2.01. The third-order valence-electron chi connectivity index (χ3n) is 2.71. The van der Waals surface area contributed by atoms with Crippen molar-refractivity contribution in [3.05, 3.63) is 45.5 Å². The van der Waals surface area contributed by atoms with Gasteiger partial charge < -0.3 is 4.74 Å². The number of hydrogen-bond acceptors (Lipinski definition) is 4. The van der Waals surface area contributed by atoms with Gasteiger partial charge in [-0.3, -0.25) is 14.9 Å². The van der Waals surface area contributed by atoms with Crippen LogP contribution in [0.25, 0.3) is 5.57 Å². The van der Waals surface area contributed by atoms with Crippen molar-refractivity contribution in [2.24, 2.45) is 0 Å². The number of nitrogens with zero attached hydrogens (tertiary/aromatic N) is 1. The van der Waals surface area contributed by atoms with Crippen molar-refractivity contribution in [3.8, 4) is 0 Å². The number of nitro groups is 1. The van der Waals surface area contributed by atoms with Crippen LogP contribution in [0.5, 0.6) is 0 Å². The lowest BCUT2D eigenvalue weighted by molar-refractivity contribution is -0.385. The van der Waals surface area contributed by atoms with Gasteiger partial charge >= 0.3 is 0 Å². The summed E-state index contributed by atoms with van der Waals surface area (Å²) in [4.78, 5) is 21.3. The Morgan fingerprint density at radius 2 is 2.24 bits per heavy atom. The first kappa shape index (κ1) is 11.5. The first-order chi connectivity index (χ1) is 8.24. The van der Waals surface area contributed by atoms with E-state index in [1.807, 2.05) is 6.08 Å². The molecule has 0 radical (unpaired) electrons. The molecule has 0 spiro atoms. The van der Waals surface area contributed by atoms with E-state index in [-0.39, 0.29) is 11.3 Å². The number of rotatable bonds is 3. The monoisotopic (exact) mass is 233 g/mol. The summed E-state index contributed by atoms with van der Waals surface area (Å²) in [5, 5.41) is 10.8. The Kier molecular flexibility index (Phi) is 3.30. The van der Waals surface area contributed by atoms with Crippen LogP contribution in [0.15, 0.2) is 24.3 Å². The number of ether oxygens (including phenoxy) is 1. The van der Waals surface area contributed by atoms with Gasteiger partial charge in [-0.05, 0) is 17.6 Å². The summed E-state index contributed by atoms with van der Waals surface area (Å²) in [5.41, 5.74) is 1.56. The molecule has 2 rings (SSSR count). The van der Waals surface area contributed by atoms with Gasteiger partial charge in [-0.15, -0.1) is 0 Å². The highest BCUT2D eigenvalue weighted by atomic mass is 16.6. The predicted molar refractivity (Wildman–Crippen MR) is 61.9 cm³/mol. The second-order valence-corrected chi connectivity index (χ2v) is 3.67. The van der Waals surface area contributed by atoms with Gasteiger partial charge in [0.1, 0.15) is 0 Å². The van der Waals surface area contributed by atoms with Crippen LogP contribution in [-0.4, -0.2) is 24.4 Å². The molecule has 1 aliphatic rings. The highest BCUT2D eigenvalue weighted by Crippen LogP contribution is 2.29. The van der Waals surface area contributed by atoms with Crippen molar-refractivity contribution in [2.75, 3.05) is 13.2 Å². The molecule has 1 aliphatic heterocycles. The van der Waals surface area contributed by atoms with E-state index in [0.717, 1.165) is 5.57 Å². The maximum absolute atomic E-state index is 11.0. The van der Waals surface area contributed by atoms with Gasteiger partial charge in [0, 0.05) is 6.07 Å². The van der Waals surface area contributed by atoms with E-state index >= 15 is 0 Å². The van der Waals surface area contributed by atoms with Gasteiger partial charge in [0.05, 0.1) is 23.7 Å². The maximum atomic E-state index is 11.0. The SMILES string of the molecule is O=Cc1c(C2=CCOCC2)cccc1[N+](=O)[O-]. The van der Waals surface area contributed by atoms with E-state index in [9.17, 15) is 14.9 Å². The quantitative estimate of drug-likeness (QED) is 0.456. The molecule has 0 saturated carbocycles. The highest BCUT2D eigenvalue weighted by Gasteiger charge is 2.19. The molecule has 0 N–H and O–H groups in total. The second kappa shape index (κ2) is 4.88. The normalized spacial score (nSPS) is 15.2. The predicted octanol–water partition coefficient (Wildman–Crippen LogP) is 2.21. The minimum atomic E-state index is -0.535. The fourth-order valence-corrected chi connectivity index (χ4v) is 1.89. The summed E-state index contributed by atoms with van der Waals surface area (Å²) in [6, 6.07) is 4.66. The van der Waals surface area contributed by atoms with Crippen LogP contribution >= 0.6 is 0 Å². The smallest absolute Gasteiger partial charge is 0.280 e. The van der Waals surface area contributed by atoms with Gasteiger partial charge in [0.2, 0.25) is 0 Å². The van der Waals surface area contributed by atoms with E-state index in [2.05, 4.69) is 0 Å². The molecule has 88 valence electrons. The molecule has 17 heavy (non-hydrogen) atoms. The standard InChI is InChI=1S/C12H11NO4/c14-8-11-10(9-4-6-17-7-5-9)2-1-3-12(11)13(15)16/h1-4,8H,5-7H2. The topological polar surface area (TPSA) is 69.4 Å². The van der Waals surface area contributed by atoms with E-state index in [4.69, 9.17) is 4.74 Å². The lowest BCUT2D eigenvalue weighted by Crippen LogP contribution is -2.06. The van der Waals surface area contributed by atoms with Crippen LogP contribution < -0.4 is 0 Å². The second-order valence-electron chi connectivity index (χ2n) is 3.67. The zero-order valence-corrected chi connectivity index (χ0v) is 9.09. The summed E-state index contributed by atoms with van der Waals surface area (Å²) in [5.74, 6) is 0. The average molecular weight is 233 g/mol. The number of carbonyl (C=O) groups is 1. The van der Waals surface area contributed by atoms with Gasteiger partial charge in [0.25, 0.3) is 5.69 Å². The first-order valence-electron chi connectivity index (χ1n) is 5.23. The molecule has 1 aromatic rings. The average Bonchev–Trinajstić information content (AvgIpc) is 2.38. The van der Waals surface area contributed by atoms with E-state index in [1.54, 1.807) is 12.1 Å². The summed E-state index contributed by atoms with van der Waals surface area (Å²) < 4.78 is 5.17. The third-order valence-corrected chi connectivity index (χ3v) is 2.71. The molecule has 1 aromatic carbocycles. The van der Waals surface area contributed by atoms with Crippen molar-refractivity contribution in [1.82, 2.24) is 0 Å². The number of benzene rings is 1. The largest absolute Gasteiger partial charge is 0.377 e. The Morgan fingerprint density at radius 1 is 1.41 bits per heavy atom. The maximum Gasteiger partial charge on any atom is 0.280 e. The minimum Gasteiger partial charge on any atom is -0.377 e. The lowest BCUT2D eigenvalue weighted by Gasteiger charge is -2.14. The Labute approximate surface area is 97.9 Å². The number of carbonyl (C=O) groups excluding carboxylic acids is 1. The van der Waals surface area contributed by atoms with Crippen molar-refractivity contribution < 1.29 is 14.5 Å². The van der Waals surface area contributed by atoms with Gasteiger partial charge in [-0.2, -0.15) is 0 Å². The summed E-state index contributed by atoms with van der Waals surface area (Å²) in [7, 11) is 0. The Balaban J connectivity index is 2.53. The molecule has 0 unspecified atom stereocenters. The van der Waals surface area contributed by atoms with Gasteiger partial charge in [-0.1, -0.05) is 18.2 Å². The molecule has 1 heterocycles. The molecular weight excluding hydrogens is 222 g/mol. The summed E-state index contributed by atoms with van der Waals surface area (Å²) in [6.45, 7) is 1.06. The molecule has 0 aromatic heterocycles. The molecule has 5 nitrogen and oxygen atoms in total. The molecule has 0 fully saturated rings. The molecule has 0 amide bonds. The highest BCUT2D eigenvalue weighted by molar-refractivity contribution is 5.90. The summed E-state index contributed by atoms with van der Waals surface area (Å²) in [6.07, 6.45) is 3.07. The van der Waals surface area contributed by atoms with Crippen molar-refractivity contribution in [2.45, 2.75) is 6.42 Å². The Bertz CT molecular complexity index is 493. The van der Waals surface area contributed by atoms with Gasteiger partial charge in [0.15, 0.2) is 6.29 Å². The zero-order valence-electron chi connectivity index (χ0n) is 9.09. The third kappa shape index (κ3) is 2.24. The minimum absolute atomic E-state index is 0.144. The van der Waals surface area contributed by atoms with E-state index < -0.39 is 4.92 Å². The van der Waals surface area contributed by atoms with Crippen molar-refractivity contribution >= 4 is 17.5 Å². The van der Waals surface area contributed by atoms with Crippen LogP contribution in [0.3, 0.4) is 0 Å². The molecule has 0 saturated heterocycles. The first-order valence-corrected chi connectivity index (χ1v) is 5.23. The van der Waals surface area contributed by atoms with Crippen LogP contribution in [-0.2, 0) is 4.74 Å². The van der Waals surface area contributed by atoms with E-state index in [0.29, 0.717) is 31.5 Å². The molecule has 5 heteroatoms. The number of aldehydes is 1. The number of hydrogen-bond donors (Lipinski definition) is 0. The molecule has 0 bridgehead atoms. The zero-order chi connectivity index (χ0) is 12.3. The molecule has 0 aliphatic carbocycles. The van der Waals surface area contributed by atoms with Crippen LogP contribution in [0.1, 0.15) is 22.3 Å².